The van der Waals surface area contributed by atoms with Crippen molar-refractivity contribution in [3.8, 4) is 0 Å². The van der Waals surface area contributed by atoms with Crippen LogP contribution >= 0.6 is 11.8 Å². The molecule has 0 bridgehead atoms. The van der Waals surface area contributed by atoms with Gasteiger partial charge >= 0.3 is 0 Å². The van der Waals surface area contributed by atoms with E-state index in [1.807, 2.05) is 6.92 Å². The standard InChI is InChI=1S/C12H15NO4S/c1-8(5-6-14)18-10-3-4-11(9(2)15)12(7-10)13(16)17/h3-4,7-8,14H,5-6H2,1-2H3. The molecule has 0 saturated carbocycles. The molecule has 1 unspecified atom stereocenters. The Morgan fingerprint density at radius 1 is 1.56 bits per heavy atom. The molecule has 1 atom stereocenters. The average Bonchev–Trinajstić information content (AvgIpc) is 2.28. The Kier molecular flexibility index (Phi) is 5.30. The van der Waals surface area contributed by atoms with Crippen molar-refractivity contribution in [2.24, 2.45) is 0 Å². The largest absolute Gasteiger partial charge is 0.396 e. The number of benzene rings is 1. The van der Waals surface area contributed by atoms with Crippen LogP contribution in [0.4, 0.5) is 5.69 Å². The first-order valence-electron chi connectivity index (χ1n) is 5.52. The number of thioether (sulfide) groups is 1. The van der Waals surface area contributed by atoms with E-state index >= 15 is 0 Å². The lowest BCUT2D eigenvalue weighted by Crippen LogP contribution is -2.02. The second-order valence-corrected chi connectivity index (χ2v) is 5.44. The third kappa shape index (κ3) is 3.82. The van der Waals surface area contributed by atoms with Crippen molar-refractivity contribution in [3.63, 3.8) is 0 Å². The van der Waals surface area contributed by atoms with Crippen LogP contribution < -0.4 is 0 Å². The van der Waals surface area contributed by atoms with Gasteiger partial charge in [0.15, 0.2) is 5.78 Å². The summed E-state index contributed by atoms with van der Waals surface area (Å²) in [4.78, 5) is 22.3. The summed E-state index contributed by atoms with van der Waals surface area (Å²) in [5.74, 6) is -0.318. The quantitative estimate of drug-likeness (QED) is 0.371. The van der Waals surface area contributed by atoms with E-state index in [0.29, 0.717) is 6.42 Å². The van der Waals surface area contributed by atoms with Crippen molar-refractivity contribution < 1.29 is 14.8 Å². The number of rotatable bonds is 6. The number of aliphatic hydroxyl groups excluding tert-OH is 1. The highest BCUT2D eigenvalue weighted by Gasteiger charge is 2.18. The summed E-state index contributed by atoms with van der Waals surface area (Å²) in [6.45, 7) is 3.33. The van der Waals surface area contributed by atoms with Crippen LogP contribution in [-0.4, -0.2) is 27.7 Å². The van der Waals surface area contributed by atoms with Crippen LogP contribution in [0.1, 0.15) is 30.6 Å². The first-order valence-corrected chi connectivity index (χ1v) is 6.40. The molecule has 5 nitrogen and oxygen atoms in total. The maximum Gasteiger partial charge on any atom is 0.281 e. The number of aliphatic hydroxyl groups is 1. The number of carbonyl (C=O) groups is 1. The fraction of sp³-hybridized carbons (Fsp3) is 0.417. The number of Topliss-reactive ketones (excluding diaryl/α,β-unsaturated/α-hetero) is 1. The van der Waals surface area contributed by atoms with Crippen LogP contribution in [0.5, 0.6) is 0 Å². The van der Waals surface area contributed by atoms with Gasteiger partial charge in [-0.15, -0.1) is 11.8 Å². The van der Waals surface area contributed by atoms with Crippen molar-refractivity contribution in [1.82, 2.24) is 0 Å². The third-order valence-corrected chi connectivity index (χ3v) is 3.58. The molecular formula is C12H15NO4S. The molecule has 0 saturated heterocycles. The van der Waals surface area contributed by atoms with Crippen molar-refractivity contribution in [2.75, 3.05) is 6.61 Å². The van der Waals surface area contributed by atoms with Gasteiger partial charge in [0, 0.05) is 22.8 Å². The summed E-state index contributed by atoms with van der Waals surface area (Å²) in [6, 6.07) is 4.59. The predicted octanol–water partition coefficient (Wildman–Crippen LogP) is 2.66. The minimum atomic E-state index is -0.544. The topological polar surface area (TPSA) is 80.4 Å². The SMILES string of the molecule is CC(=O)c1ccc(SC(C)CCO)cc1[N+](=O)[O-]. The molecule has 0 radical (unpaired) electrons. The summed E-state index contributed by atoms with van der Waals surface area (Å²) in [6.07, 6.45) is 0.618. The number of nitrogens with zero attached hydrogens (tertiary/aromatic N) is 1. The summed E-state index contributed by atoms with van der Waals surface area (Å²) in [5, 5.41) is 19.9. The molecule has 1 rings (SSSR count). The number of ketones is 1. The molecule has 98 valence electrons. The third-order valence-electron chi connectivity index (χ3n) is 2.42. The molecular weight excluding hydrogens is 254 g/mol. The fourth-order valence-electron chi connectivity index (χ4n) is 1.51. The molecule has 1 aromatic rings. The smallest absolute Gasteiger partial charge is 0.281 e. The molecule has 0 aliphatic heterocycles. The lowest BCUT2D eigenvalue weighted by atomic mass is 10.1. The van der Waals surface area contributed by atoms with E-state index < -0.39 is 4.92 Å². The Balaban J connectivity index is 3.00. The van der Waals surface area contributed by atoms with Crippen LogP contribution in [0.15, 0.2) is 23.1 Å². The van der Waals surface area contributed by atoms with Crippen LogP contribution in [0, 0.1) is 10.1 Å². The maximum atomic E-state index is 11.3. The highest BCUT2D eigenvalue weighted by atomic mass is 32.2. The first kappa shape index (κ1) is 14.7. The van der Waals surface area contributed by atoms with Gasteiger partial charge in [0.2, 0.25) is 0 Å². The maximum absolute atomic E-state index is 11.3. The van der Waals surface area contributed by atoms with Gasteiger partial charge in [-0.2, -0.15) is 0 Å². The highest BCUT2D eigenvalue weighted by Crippen LogP contribution is 2.30. The molecule has 0 heterocycles. The van der Waals surface area contributed by atoms with Crippen LogP contribution in [0.3, 0.4) is 0 Å². The Labute approximate surface area is 109 Å². The fourth-order valence-corrected chi connectivity index (χ4v) is 2.52. The Bertz CT molecular complexity index is 461. The molecule has 0 spiro atoms. The molecule has 0 fully saturated rings. The number of nitro groups is 1. The highest BCUT2D eigenvalue weighted by molar-refractivity contribution is 7.99. The number of carbonyl (C=O) groups excluding carboxylic acids is 1. The van der Waals surface area contributed by atoms with Gasteiger partial charge in [0.05, 0.1) is 10.5 Å². The van der Waals surface area contributed by atoms with Crippen molar-refractivity contribution >= 4 is 23.2 Å². The van der Waals surface area contributed by atoms with E-state index in [1.54, 1.807) is 6.07 Å². The molecule has 0 aromatic heterocycles. The summed E-state index contributed by atoms with van der Waals surface area (Å²) in [5.41, 5.74) is -0.0390. The van der Waals surface area contributed by atoms with E-state index in [1.165, 1.54) is 30.8 Å². The normalized spacial score (nSPS) is 12.2. The molecule has 6 heteroatoms. The van der Waals surface area contributed by atoms with Gasteiger partial charge in [-0.1, -0.05) is 6.92 Å². The average molecular weight is 269 g/mol. The minimum Gasteiger partial charge on any atom is -0.396 e. The van der Waals surface area contributed by atoms with E-state index in [-0.39, 0.29) is 28.9 Å². The number of hydrogen-bond donors (Lipinski definition) is 1. The van der Waals surface area contributed by atoms with Gasteiger partial charge in [-0.05, 0) is 25.5 Å². The van der Waals surface area contributed by atoms with Gasteiger partial charge < -0.3 is 5.11 Å². The van der Waals surface area contributed by atoms with E-state index in [9.17, 15) is 14.9 Å². The van der Waals surface area contributed by atoms with Gasteiger partial charge in [-0.25, -0.2) is 0 Å². The van der Waals surface area contributed by atoms with E-state index in [2.05, 4.69) is 0 Å². The first-order chi connectivity index (χ1) is 8.45. The molecule has 0 amide bonds. The van der Waals surface area contributed by atoms with Gasteiger partial charge in [0.1, 0.15) is 0 Å². The van der Waals surface area contributed by atoms with E-state index in [0.717, 1.165) is 4.90 Å². The predicted molar refractivity (Wildman–Crippen MR) is 70.1 cm³/mol. The Hall–Kier alpha value is -1.40. The molecule has 1 N–H and O–H groups in total. The second-order valence-electron chi connectivity index (χ2n) is 3.93. The lowest BCUT2D eigenvalue weighted by molar-refractivity contribution is -0.385. The summed E-state index contributed by atoms with van der Waals surface area (Å²) in [7, 11) is 0. The number of nitro benzene ring substituents is 1. The van der Waals surface area contributed by atoms with Crippen LogP contribution in [-0.2, 0) is 0 Å². The van der Waals surface area contributed by atoms with E-state index in [4.69, 9.17) is 5.11 Å². The van der Waals surface area contributed by atoms with Crippen molar-refractivity contribution in [2.45, 2.75) is 30.4 Å². The molecule has 1 aromatic carbocycles. The summed E-state index contributed by atoms with van der Waals surface area (Å²) < 4.78 is 0. The zero-order chi connectivity index (χ0) is 13.7. The van der Waals surface area contributed by atoms with Crippen LogP contribution in [0.2, 0.25) is 0 Å². The minimum absolute atomic E-state index is 0.0851. The van der Waals surface area contributed by atoms with Crippen LogP contribution in [0.25, 0.3) is 0 Å². The van der Waals surface area contributed by atoms with Crippen molar-refractivity contribution in [3.05, 3.63) is 33.9 Å². The second kappa shape index (κ2) is 6.51. The van der Waals surface area contributed by atoms with Gasteiger partial charge in [-0.3, -0.25) is 14.9 Å². The molecule has 0 aliphatic rings. The Morgan fingerprint density at radius 3 is 2.72 bits per heavy atom. The zero-order valence-electron chi connectivity index (χ0n) is 10.3. The Morgan fingerprint density at radius 2 is 2.22 bits per heavy atom. The lowest BCUT2D eigenvalue weighted by Gasteiger charge is -2.09. The molecule has 18 heavy (non-hydrogen) atoms. The monoisotopic (exact) mass is 269 g/mol. The zero-order valence-corrected chi connectivity index (χ0v) is 11.1. The van der Waals surface area contributed by atoms with Crippen molar-refractivity contribution in [1.29, 1.82) is 0 Å². The molecule has 0 aliphatic carbocycles. The van der Waals surface area contributed by atoms with Gasteiger partial charge in [0.25, 0.3) is 5.69 Å². The number of hydrogen-bond acceptors (Lipinski definition) is 5. The summed E-state index contributed by atoms with van der Waals surface area (Å²) >= 11 is 1.44.